The molecule has 4 heterocycles. The number of hydrogen-bond acceptors (Lipinski definition) is 7. The molecule has 0 saturated carbocycles. The lowest BCUT2D eigenvalue weighted by Crippen LogP contribution is -2.30. The van der Waals surface area contributed by atoms with Gasteiger partial charge in [0.1, 0.15) is 11.5 Å². The van der Waals surface area contributed by atoms with Gasteiger partial charge in [-0.2, -0.15) is 14.8 Å². The van der Waals surface area contributed by atoms with E-state index in [-0.39, 0.29) is 5.88 Å². The Morgan fingerprint density at radius 3 is 2.62 bits per heavy atom. The molecular formula is C21H19N5O2S. The summed E-state index contributed by atoms with van der Waals surface area (Å²) in [6.07, 6.45) is 3.65. The van der Waals surface area contributed by atoms with Crippen molar-refractivity contribution in [2.75, 3.05) is 18.0 Å². The number of rotatable bonds is 5. The highest BCUT2D eigenvalue weighted by atomic mass is 32.1. The van der Waals surface area contributed by atoms with Crippen molar-refractivity contribution < 1.29 is 9.53 Å². The van der Waals surface area contributed by atoms with Gasteiger partial charge in [-0.1, -0.05) is 41.7 Å². The molecule has 1 aromatic carbocycles. The van der Waals surface area contributed by atoms with Crippen LogP contribution in [0.1, 0.15) is 19.3 Å². The van der Waals surface area contributed by atoms with Crippen molar-refractivity contribution >= 4 is 34.7 Å². The van der Waals surface area contributed by atoms with Crippen LogP contribution in [0.3, 0.4) is 0 Å². The molecule has 1 aliphatic heterocycles. The largest absolute Gasteiger partial charge is 0.409 e. The number of benzene rings is 1. The SMILES string of the molecule is O=COc1csc(-n2nc(-c3ccccc3)c3ccc(N4CCCCC4)nc32)n1. The highest BCUT2D eigenvalue weighted by molar-refractivity contribution is 7.12. The number of fused-ring (bicyclic) bond motifs is 1. The molecule has 0 radical (unpaired) electrons. The third kappa shape index (κ3) is 3.36. The predicted octanol–water partition coefficient (Wildman–Crippen LogP) is 4.07. The van der Waals surface area contributed by atoms with E-state index in [4.69, 9.17) is 14.8 Å². The summed E-state index contributed by atoms with van der Waals surface area (Å²) >= 11 is 1.36. The van der Waals surface area contributed by atoms with Crippen molar-refractivity contribution in [1.29, 1.82) is 0 Å². The van der Waals surface area contributed by atoms with Gasteiger partial charge in [0.05, 0.1) is 5.38 Å². The van der Waals surface area contributed by atoms with E-state index in [2.05, 4.69) is 22.0 Å². The second-order valence-electron chi connectivity index (χ2n) is 6.90. The summed E-state index contributed by atoms with van der Waals surface area (Å²) in [5, 5.41) is 8.09. The average molecular weight is 405 g/mol. The maximum absolute atomic E-state index is 10.6. The standard InChI is InChI=1S/C21H19N5O2S/c27-14-28-18-13-29-21(23-18)26-20-16(19(24-26)15-7-3-1-4-8-15)9-10-17(22-20)25-11-5-2-6-12-25/h1,3-4,7-10,13-14H,2,5-6,11-12H2. The van der Waals surface area contributed by atoms with Gasteiger partial charge in [0, 0.05) is 24.0 Å². The Balaban J connectivity index is 1.67. The lowest BCUT2D eigenvalue weighted by atomic mass is 10.1. The van der Waals surface area contributed by atoms with Gasteiger partial charge in [-0.3, -0.25) is 4.79 Å². The summed E-state index contributed by atoms with van der Waals surface area (Å²) in [6, 6.07) is 14.2. The fourth-order valence-corrected chi connectivity index (χ4v) is 4.36. The Morgan fingerprint density at radius 2 is 1.83 bits per heavy atom. The number of aromatic nitrogens is 4. The normalized spacial score (nSPS) is 14.3. The number of anilines is 1. The molecule has 1 aliphatic rings. The van der Waals surface area contributed by atoms with Gasteiger partial charge in [-0.05, 0) is 31.4 Å². The number of carbonyl (C=O) groups is 1. The zero-order chi connectivity index (χ0) is 19.6. The predicted molar refractivity (Wildman–Crippen MR) is 113 cm³/mol. The van der Waals surface area contributed by atoms with Gasteiger partial charge < -0.3 is 9.64 Å². The maximum atomic E-state index is 10.6. The minimum Gasteiger partial charge on any atom is -0.409 e. The van der Waals surface area contributed by atoms with Crippen LogP contribution in [-0.2, 0) is 4.79 Å². The summed E-state index contributed by atoms with van der Waals surface area (Å²) < 4.78 is 6.62. The van der Waals surface area contributed by atoms with Gasteiger partial charge in [-0.25, -0.2) is 4.98 Å². The third-order valence-corrected chi connectivity index (χ3v) is 5.86. The molecule has 29 heavy (non-hydrogen) atoms. The molecule has 0 amide bonds. The monoisotopic (exact) mass is 405 g/mol. The number of piperidine rings is 1. The molecule has 0 atom stereocenters. The van der Waals surface area contributed by atoms with Crippen LogP contribution < -0.4 is 9.64 Å². The Kier molecular flexibility index (Phi) is 4.69. The van der Waals surface area contributed by atoms with Gasteiger partial charge >= 0.3 is 0 Å². The van der Waals surface area contributed by atoms with Crippen LogP contribution in [0.15, 0.2) is 47.8 Å². The maximum Gasteiger partial charge on any atom is 0.299 e. The topological polar surface area (TPSA) is 73.1 Å². The van der Waals surface area contributed by atoms with Crippen LogP contribution >= 0.6 is 11.3 Å². The number of hydrogen-bond donors (Lipinski definition) is 0. The first-order valence-corrected chi connectivity index (χ1v) is 10.5. The Bertz CT molecular complexity index is 1150. The summed E-state index contributed by atoms with van der Waals surface area (Å²) in [4.78, 5) is 22.3. The summed E-state index contributed by atoms with van der Waals surface area (Å²) in [6.45, 7) is 2.42. The van der Waals surface area contributed by atoms with Crippen molar-refractivity contribution in [3.63, 3.8) is 0 Å². The van der Waals surface area contributed by atoms with Gasteiger partial charge in [0.2, 0.25) is 11.0 Å². The molecular weight excluding hydrogens is 386 g/mol. The molecule has 0 N–H and O–H groups in total. The first-order valence-electron chi connectivity index (χ1n) is 9.60. The summed E-state index contributed by atoms with van der Waals surface area (Å²) in [7, 11) is 0. The molecule has 0 bridgehead atoms. The molecule has 0 aliphatic carbocycles. The van der Waals surface area contributed by atoms with Crippen LogP contribution in [0.25, 0.3) is 27.4 Å². The first-order chi connectivity index (χ1) is 14.3. The Labute approximate surface area is 171 Å². The Morgan fingerprint density at radius 1 is 1.00 bits per heavy atom. The van der Waals surface area contributed by atoms with Crippen molar-refractivity contribution in [1.82, 2.24) is 19.7 Å². The lowest BCUT2D eigenvalue weighted by Gasteiger charge is -2.27. The fraction of sp³-hybridized carbons (Fsp3) is 0.238. The average Bonchev–Trinajstić information content (AvgIpc) is 3.39. The zero-order valence-electron chi connectivity index (χ0n) is 15.7. The fourth-order valence-electron chi connectivity index (χ4n) is 3.68. The molecule has 8 heteroatoms. The molecule has 7 nitrogen and oxygen atoms in total. The van der Waals surface area contributed by atoms with E-state index in [0.29, 0.717) is 11.6 Å². The number of thiazole rings is 1. The van der Waals surface area contributed by atoms with Crippen molar-refractivity contribution in [2.45, 2.75) is 19.3 Å². The van der Waals surface area contributed by atoms with Crippen LogP contribution in [0, 0.1) is 0 Å². The highest BCUT2D eigenvalue weighted by Crippen LogP contribution is 2.32. The summed E-state index contributed by atoms with van der Waals surface area (Å²) in [5.74, 6) is 1.22. The van der Waals surface area contributed by atoms with Crippen LogP contribution in [0.4, 0.5) is 5.82 Å². The van der Waals surface area contributed by atoms with Crippen LogP contribution in [0.5, 0.6) is 5.88 Å². The van der Waals surface area contributed by atoms with Crippen molar-refractivity contribution in [2.24, 2.45) is 0 Å². The quantitative estimate of drug-likeness (QED) is 0.466. The van der Waals surface area contributed by atoms with E-state index < -0.39 is 0 Å². The van der Waals surface area contributed by atoms with E-state index in [1.54, 1.807) is 10.1 Å². The minimum atomic E-state index is 0.261. The smallest absolute Gasteiger partial charge is 0.299 e. The molecule has 3 aromatic heterocycles. The second-order valence-corrected chi connectivity index (χ2v) is 7.73. The molecule has 0 spiro atoms. The first kappa shape index (κ1) is 17.8. The van der Waals surface area contributed by atoms with E-state index in [1.165, 1.54) is 30.6 Å². The van der Waals surface area contributed by atoms with E-state index in [9.17, 15) is 4.79 Å². The molecule has 1 fully saturated rings. The van der Waals surface area contributed by atoms with Gasteiger partial charge in [0.25, 0.3) is 6.47 Å². The van der Waals surface area contributed by atoms with Gasteiger partial charge in [-0.15, -0.1) is 0 Å². The molecule has 0 unspecified atom stereocenters. The van der Waals surface area contributed by atoms with Crippen LogP contribution in [0.2, 0.25) is 0 Å². The molecule has 4 aromatic rings. The van der Waals surface area contributed by atoms with Crippen LogP contribution in [-0.4, -0.2) is 39.3 Å². The van der Waals surface area contributed by atoms with E-state index >= 15 is 0 Å². The molecule has 146 valence electrons. The zero-order valence-corrected chi connectivity index (χ0v) is 16.5. The van der Waals surface area contributed by atoms with E-state index in [0.717, 1.165) is 41.2 Å². The number of nitrogens with zero attached hydrogens (tertiary/aromatic N) is 5. The number of ether oxygens (including phenoxy) is 1. The highest BCUT2D eigenvalue weighted by Gasteiger charge is 2.20. The number of carbonyl (C=O) groups excluding carboxylic acids is 1. The third-order valence-electron chi connectivity index (χ3n) is 5.06. The number of pyridine rings is 1. The van der Waals surface area contributed by atoms with E-state index in [1.807, 2.05) is 30.3 Å². The Hall–Kier alpha value is -3.26. The minimum absolute atomic E-state index is 0.261. The lowest BCUT2D eigenvalue weighted by molar-refractivity contribution is -0.120. The van der Waals surface area contributed by atoms with Crippen molar-refractivity contribution in [3.8, 4) is 22.3 Å². The van der Waals surface area contributed by atoms with Crippen molar-refractivity contribution in [3.05, 3.63) is 47.8 Å². The molecule has 5 rings (SSSR count). The molecule has 1 saturated heterocycles. The second kappa shape index (κ2) is 7.63. The van der Waals surface area contributed by atoms with Gasteiger partial charge in [0.15, 0.2) is 5.65 Å². The summed E-state index contributed by atoms with van der Waals surface area (Å²) in [5.41, 5.74) is 2.62.